The van der Waals surface area contributed by atoms with Gasteiger partial charge in [-0.25, -0.2) is 0 Å². The highest BCUT2D eigenvalue weighted by molar-refractivity contribution is 8.00. The largest absolute Gasteiger partial charge is 0.395 e. The fraction of sp³-hybridized carbons (Fsp3) is 0.750. The van der Waals surface area contributed by atoms with Gasteiger partial charge in [0.2, 0.25) is 0 Å². The second kappa shape index (κ2) is 5.81. The van der Waals surface area contributed by atoms with Gasteiger partial charge in [-0.3, -0.25) is 0 Å². The molecule has 0 spiro atoms. The molecule has 1 unspecified atom stereocenters. The van der Waals surface area contributed by atoms with E-state index in [1.54, 1.807) is 11.8 Å². The van der Waals surface area contributed by atoms with E-state index in [-0.39, 0.29) is 6.61 Å². The van der Waals surface area contributed by atoms with Crippen LogP contribution < -0.4 is 0 Å². The molecule has 0 fully saturated rings. The molecule has 0 saturated carbocycles. The Morgan fingerprint density at radius 2 is 2.20 bits per heavy atom. The quantitative estimate of drug-likeness (QED) is 0.635. The average Bonchev–Trinajstić information content (AvgIpc) is 1.87. The van der Waals surface area contributed by atoms with Crippen molar-refractivity contribution in [3.05, 3.63) is 11.6 Å². The fourth-order valence-electron chi connectivity index (χ4n) is 0.432. The minimum atomic E-state index is 0.279. The van der Waals surface area contributed by atoms with Gasteiger partial charge in [0, 0.05) is 11.0 Å². The number of allylic oxidation sites excluding steroid dienone is 1. The van der Waals surface area contributed by atoms with Crippen molar-refractivity contribution in [3.63, 3.8) is 0 Å². The third-order valence-electron chi connectivity index (χ3n) is 1.13. The van der Waals surface area contributed by atoms with Crippen LogP contribution in [0, 0.1) is 0 Å². The Kier molecular flexibility index (Phi) is 5.84. The first-order valence-electron chi connectivity index (χ1n) is 3.52. The monoisotopic (exact) mass is 160 g/mol. The van der Waals surface area contributed by atoms with Crippen LogP contribution in [0.2, 0.25) is 0 Å². The predicted octanol–water partition coefficient (Wildman–Crippen LogP) is 2.07. The van der Waals surface area contributed by atoms with Crippen LogP contribution in [0.15, 0.2) is 11.6 Å². The molecule has 1 nitrogen and oxygen atoms in total. The van der Waals surface area contributed by atoms with Crippen LogP contribution in [0.4, 0.5) is 0 Å². The van der Waals surface area contributed by atoms with Crippen molar-refractivity contribution < 1.29 is 5.11 Å². The molecule has 0 radical (unpaired) electrons. The van der Waals surface area contributed by atoms with Crippen molar-refractivity contribution in [1.82, 2.24) is 0 Å². The molecular formula is C8H16OS. The van der Waals surface area contributed by atoms with Gasteiger partial charge in [0.1, 0.15) is 0 Å². The van der Waals surface area contributed by atoms with Crippen LogP contribution in [-0.4, -0.2) is 22.7 Å². The average molecular weight is 160 g/mol. The molecule has 0 heterocycles. The van der Waals surface area contributed by atoms with E-state index in [4.69, 9.17) is 5.11 Å². The summed E-state index contributed by atoms with van der Waals surface area (Å²) < 4.78 is 0. The number of aliphatic hydroxyl groups is 1. The van der Waals surface area contributed by atoms with E-state index in [9.17, 15) is 0 Å². The molecule has 0 aliphatic heterocycles. The molecule has 0 aromatic heterocycles. The van der Waals surface area contributed by atoms with Gasteiger partial charge >= 0.3 is 0 Å². The van der Waals surface area contributed by atoms with E-state index >= 15 is 0 Å². The maximum atomic E-state index is 8.66. The molecule has 0 aromatic carbocycles. The van der Waals surface area contributed by atoms with Crippen molar-refractivity contribution in [2.45, 2.75) is 26.0 Å². The third-order valence-corrected chi connectivity index (χ3v) is 2.21. The second-order valence-electron chi connectivity index (χ2n) is 2.61. The Balaban J connectivity index is 3.28. The Morgan fingerprint density at radius 3 is 2.60 bits per heavy atom. The molecule has 0 rings (SSSR count). The Bertz CT molecular complexity index is 106. The van der Waals surface area contributed by atoms with Crippen molar-refractivity contribution in [1.29, 1.82) is 0 Å². The van der Waals surface area contributed by atoms with Gasteiger partial charge in [-0.1, -0.05) is 18.6 Å². The third kappa shape index (κ3) is 6.17. The molecule has 0 aliphatic carbocycles. The molecule has 0 saturated heterocycles. The zero-order valence-corrected chi connectivity index (χ0v) is 7.74. The summed E-state index contributed by atoms with van der Waals surface area (Å²) in [7, 11) is 0. The van der Waals surface area contributed by atoms with Crippen molar-refractivity contribution >= 4 is 11.8 Å². The van der Waals surface area contributed by atoms with E-state index < -0.39 is 0 Å². The van der Waals surface area contributed by atoms with E-state index in [2.05, 4.69) is 19.9 Å². The molecule has 10 heavy (non-hydrogen) atoms. The number of hydrogen-bond acceptors (Lipinski definition) is 2. The molecule has 1 N–H and O–H groups in total. The highest BCUT2D eigenvalue weighted by Crippen LogP contribution is 2.09. The van der Waals surface area contributed by atoms with Gasteiger partial charge in [-0.2, -0.15) is 11.8 Å². The molecule has 2 heteroatoms. The van der Waals surface area contributed by atoms with Crippen molar-refractivity contribution in [3.8, 4) is 0 Å². The highest BCUT2D eigenvalue weighted by Gasteiger charge is 1.96. The van der Waals surface area contributed by atoms with Gasteiger partial charge in [0.05, 0.1) is 6.61 Å². The molecule has 0 aliphatic rings. The van der Waals surface area contributed by atoms with Gasteiger partial charge in [-0.05, 0) is 13.8 Å². The fourth-order valence-corrected chi connectivity index (χ4v) is 1.30. The smallest absolute Gasteiger partial charge is 0.0547 e. The Hall–Kier alpha value is 0.0500. The van der Waals surface area contributed by atoms with Gasteiger partial charge in [-0.15, -0.1) is 0 Å². The topological polar surface area (TPSA) is 20.2 Å². The first-order chi connectivity index (χ1) is 4.66. The van der Waals surface area contributed by atoms with Crippen molar-refractivity contribution in [2.75, 3.05) is 12.4 Å². The number of thioether (sulfide) groups is 1. The van der Waals surface area contributed by atoms with Crippen LogP contribution >= 0.6 is 11.8 Å². The lowest BCUT2D eigenvalue weighted by Crippen LogP contribution is -2.01. The lowest BCUT2D eigenvalue weighted by Gasteiger charge is -2.03. The van der Waals surface area contributed by atoms with Gasteiger partial charge in [0.15, 0.2) is 0 Å². The first-order valence-corrected chi connectivity index (χ1v) is 4.57. The molecule has 0 amide bonds. The summed E-state index contributed by atoms with van der Waals surface area (Å²) in [6.07, 6.45) is 2.18. The Labute approximate surface area is 67.5 Å². The lowest BCUT2D eigenvalue weighted by molar-refractivity contribution is 0.300. The van der Waals surface area contributed by atoms with Crippen LogP contribution in [-0.2, 0) is 0 Å². The summed E-state index contributed by atoms with van der Waals surface area (Å²) in [5.74, 6) is 1.02. The van der Waals surface area contributed by atoms with E-state index in [0.717, 1.165) is 5.75 Å². The maximum Gasteiger partial charge on any atom is 0.0547 e. The SMILES string of the molecule is CC(C)=CCSC(C)CO. The minimum Gasteiger partial charge on any atom is -0.395 e. The van der Waals surface area contributed by atoms with E-state index in [0.29, 0.717) is 5.25 Å². The zero-order valence-electron chi connectivity index (χ0n) is 6.92. The summed E-state index contributed by atoms with van der Waals surface area (Å²) in [6, 6.07) is 0. The number of aliphatic hydroxyl groups excluding tert-OH is 1. The summed E-state index contributed by atoms with van der Waals surface area (Å²) in [5, 5.41) is 9.03. The standard InChI is InChI=1S/C8H16OS/c1-7(2)4-5-10-8(3)6-9/h4,8-9H,5-6H2,1-3H3. The van der Waals surface area contributed by atoms with Crippen LogP contribution in [0.3, 0.4) is 0 Å². The Morgan fingerprint density at radius 1 is 1.60 bits per heavy atom. The van der Waals surface area contributed by atoms with Crippen LogP contribution in [0.1, 0.15) is 20.8 Å². The predicted molar refractivity (Wildman–Crippen MR) is 48.4 cm³/mol. The second-order valence-corrected chi connectivity index (χ2v) is 4.08. The molecule has 1 atom stereocenters. The van der Waals surface area contributed by atoms with E-state index in [1.807, 2.05) is 6.92 Å². The number of rotatable bonds is 4. The minimum absolute atomic E-state index is 0.279. The highest BCUT2D eigenvalue weighted by atomic mass is 32.2. The zero-order chi connectivity index (χ0) is 7.98. The molecular weight excluding hydrogens is 144 g/mol. The van der Waals surface area contributed by atoms with Crippen LogP contribution in [0.5, 0.6) is 0 Å². The summed E-state index contributed by atoms with van der Waals surface area (Å²) in [5.41, 5.74) is 1.35. The van der Waals surface area contributed by atoms with E-state index in [1.165, 1.54) is 5.57 Å². The maximum absolute atomic E-state index is 8.66. The lowest BCUT2D eigenvalue weighted by atomic mass is 10.3. The number of hydrogen-bond donors (Lipinski definition) is 1. The first kappa shape index (κ1) is 10.0. The molecule has 60 valence electrons. The summed E-state index contributed by atoms with van der Waals surface area (Å²) >= 11 is 1.78. The summed E-state index contributed by atoms with van der Waals surface area (Å²) in [6.45, 7) is 6.49. The normalized spacial score (nSPS) is 12.8. The van der Waals surface area contributed by atoms with Crippen molar-refractivity contribution in [2.24, 2.45) is 0 Å². The van der Waals surface area contributed by atoms with Gasteiger partial charge < -0.3 is 5.11 Å². The van der Waals surface area contributed by atoms with Crippen LogP contribution in [0.25, 0.3) is 0 Å². The van der Waals surface area contributed by atoms with Gasteiger partial charge in [0.25, 0.3) is 0 Å². The summed E-state index contributed by atoms with van der Waals surface area (Å²) in [4.78, 5) is 0. The molecule has 0 aromatic rings. The molecule has 0 bridgehead atoms.